The Morgan fingerprint density at radius 3 is 2.94 bits per heavy atom. The summed E-state index contributed by atoms with van der Waals surface area (Å²) in [5, 5.41) is 3.15. The van der Waals surface area contributed by atoms with Crippen molar-refractivity contribution in [1.82, 2.24) is 10.3 Å². The molecule has 0 saturated carbocycles. The Hall–Kier alpha value is -1.53. The lowest BCUT2D eigenvalue weighted by Crippen LogP contribution is -2.24. The fourth-order valence-corrected chi connectivity index (χ4v) is 1.67. The van der Waals surface area contributed by atoms with Gasteiger partial charge in [-0.2, -0.15) is 0 Å². The molecule has 0 atom stereocenters. The normalized spacial score (nSPS) is 9.71. The third-order valence-electron chi connectivity index (χ3n) is 2.22. The van der Waals surface area contributed by atoms with Gasteiger partial charge in [0.1, 0.15) is 5.15 Å². The molecule has 0 bridgehead atoms. The Bertz CT molecular complexity index is 417. The van der Waals surface area contributed by atoms with Gasteiger partial charge in [-0.3, -0.25) is 4.79 Å². The Morgan fingerprint density at radius 2 is 2.29 bits per heavy atom. The molecule has 1 amide bonds. The number of hydrogen-bond acceptors (Lipinski definition) is 2. The summed E-state index contributed by atoms with van der Waals surface area (Å²) < 4.78 is 0. The van der Waals surface area contributed by atoms with Crippen LogP contribution in [0.15, 0.2) is 12.1 Å². The van der Waals surface area contributed by atoms with Crippen molar-refractivity contribution in [3.63, 3.8) is 0 Å². The van der Waals surface area contributed by atoms with Crippen LogP contribution in [-0.4, -0.2) is 17.4 Å². The first-order valence-electron chi connectivity index (χ1n) is 5.49. The molecule has 1 rings (SSSR count). The monoisotopic (exact) mass is 250 g/mol. The lowest BCUT2D eigenvalue weighted by Gasteiger charge is -2.05. The molecule has 1 N–H and O–H groups in total. The highest BCUT2D eigenvalue weighted by Crippen LogP contribution is 2.10. The van der Waals surface area contributed by atoms with Crippen molar-refractivity contribution in [3.05, 3.63) is 28.5 Å². The molecule has 0 unspecified atom stereocenters. The minimum atomic E-state index is -0.127. The molecule has 1 heterocycles. The maximum Gasteiger partial charge on any atom is 0.251 e. The van der Waals surface area contributed by atoms with Crippen molar-refractivity contribution in [3.8, 4) is 12.3 Å². The fraction of sp³-hybridized carbons (Fsp3) is 0.385. The average Bonchev–Trinajstić information content (AvgIpc) is 2.27. The Balaban J connectivity index is 2.44. The van der Waals surface area contributed by atoms with E-state index in [-0.39, 0.29) is 5.91 Å². The molecule has 0 aliphatic heterocycles. The molecule has 0 saturated heterocycles. The van der Waals surface area contributed by atoms with Crippen LogP contribution in [0, 0.1) is 19.3 Å². The van der Waals surface area contributed by atoms with Gasteiger partial charge in [-0.05, 0) is 31.9 Å². The van der Waals surface area contributed by atoms with E-state index in [1.54, 1.807) is 19.1 Å². The lowest BCUT2D eigenvalue weighted by atomic mass is 10.2. The molecule has 0 fully saturated rings. The molecule has 17 heavy (non-hydrogen) atoms. The van der Waals surface area contributed by atoms with Crippen molar-refractivity contribution in [2.75, 3.05) is 6.54 Å². The number of aryl methyl sites for hydroxylation is 1. The number of nitrogens with zero attached hydrogens (tertiary/aromatic N) is 1. The maximum absolute atomic E-state index is 11.7. The molecule has 0 aromatic carbocycles. The van der Waals surface area contributed by atoms with Crippen molar-refractivity contribution in [2.45, 2.75) is 26.2 Å². The standard InChI is InChI=1S/C13H15ClN2O/c1-3-4-5-6-7-15-13(17)11-8-10(2)16-12(14)9-11/h1,8-9H,4-7H2,2H3,(H,15,17). The van der Waals surface area contributed by atoms with Gasteiger partial charge >= 0.3 is 0 Å². The molecule has 0 spiro atoms. The van der Waals surface area contributed by atoms with Crippen molar-refractivity contribution in [1.29, 1.82) is 0 Å². The molecule has 1 aromatic heterocycles. The lowest BCUT2D eigenvalue weighted by molar-refractivity contribution is 0.0953. The van der Waals surface area contributed by atoms with E-state index in [0.717, 1.165) is 25.0 Å². The second kappa shape index (κ2) is 6.93. The molecule has 0 aliphatic carbocycles. The quantitative estimate of drug-likeness (QED) is 0.496. The second-order valence-corrected chi connectivity index (χ2v) is 4.12. The fourth-order valence-electron chi connectivity index (χ4n) is 1.42. The van der Waals surface area contributed by atoms with Crippen LogP contribution in [-0.2, 0) is 0 Å². The van der Waals surface area contributed by atoms with E-state index in [4.69, 9.17) is 18.0 Å². The Kier molecular flexibility index (Phi) is 5.51. The smallest absolute Gasteiger partial charge is 0.251 e. The predicted octanol–water partition coefficient (Wildman–Crippen LogP) is 2.58. The summed E-state index contributed by atoms with van der Waals surface area (Å²) in [6, 6.07) is 3.27. The molecule has 90 valence electrons. The third kappa shape index (κ3) is 4.88. The van der Waals surface area contributed by atoms with E-state index in [1.165, 1.54) is 0 Å². The first-order valence-corrected chi connectivity index (χ1v) is 5.87. The van der Waals surface area contributed by atoms with E-state index in [1.807, 2.05) is 0 Å². The van der Waals surface area contributed by atoms with E-state index in [0.29, 0.717) is 17.3 Å². The molecule has 3 nitrogen and oxygen atoms in total. The van der Waals surface area contributed by atoms with Crippen LogP contribution in [0.25, 0.3) is 0 Å². The zero-order valence-corrected chi connectivity index (χ0v) is 10.5. The molecule has 1 aromatic rings. The summed E-state index contributed by atoms with van der Waals surface area (Å²) in [6.07, 6.45) is 7.69. The van der Waals surface area contributed by atoms with Gasteiger partial charge in [0, 0.05) is 24.2 Å². The van der Waals surface area contributed by atoms with Crippen molar-refractivity contribution < 1.29 is 4.79 Å². The summed E-state index contributed by atoms with van der Waals surface area (Å²) in [5.74, 6) is 2.44. The number of terminal acetylenes is 1. The predicted molar refractivity (Wildman–Crippen MR) is 69.0 cm³/mol. The van der Waals surface area contributed by atoms with Crippen LogP contribution >= 0.6 is 11.6 Å². The summed E-state index contributed by atoms with van der Waals surface area (Å²) in [6.45, 7) is 2.43. The summed E-state index contributed by atoms with van der Waals surface area (Å²) >= 11 is 5.78. The number of unbranched alkanes of at least 4 members (excludes halogenated alkanes) is 2. The first-order chi connectivity index (χ1) is 8.13. The van der Waals surface area contributed by atoms with Gasteiger partial charge in [0.2, 0.25) is 0 Å². The summed E-state index contributed by atoms with van der Waals surface area (Å²) in [5.41, 5.74) is 1.27. The van der Waals surface area contributed by atoms with Gasteiger partial charge < -0.3 is 5.32 Å². The van der Waals surface area contributed by atoms with Gasteiger partial charge in [0.05, 0.1) is 0 Å². The van der Waals surface area contributed by atoms with E-state index < -0.39 is 0 Å². The minimum Gasteiger partial charge on any atom is -0.352 e. The number of pyridine rings is 1. The topological polar surface area (TPSA) is 42.0 Å². The largest absolute Gasteiger partial charge is 0.352 e. The number of carbonyl (C=O) groups excluding carboxylic acids is 1. The summed E-state index contributed by atoms with van der Waals surface area (Å²) in [4.78, 5) is 15.7. The van der Waals surface area contributed by atoms with Crippen LogP contribution in [0.4, 0.5) is 0 Å². The van der Waals surface area contributed by atoms with E-state index in [2.05, 4.69) is 16.2 Å². The van der Waals surface area contributed by atoms with E-state index >= 15 is 0 Å². The van der Waals surface area contributed by atoms with Gasteiger partial charge in [0.25, 0.3) is 5.91 Å². The average molecular weight is 251 g/mol. The van der Waals surface area contributed by atoms with Gasteiger partial charge in [-0.1, -0.05) is 11.6 Å². The van der Waals surface area contributed by atoms with Crippen LogP contribution < -0.4 is 5.32 Å². The SMILES string of the molecule is C#CCCCCNC(=O)c1cc(C)nc(Cl)c1. The third-order valence-corrected chi connectivity index (χ3v) is 2.41. The number of hydrogen-bond donors (Lipinski definition) is 1. The molecule has 4 heteroatoms. The maximum atomic E-state index is 11.7. The van der Waals surface area contributed by atoms with Crippen LogP contribution in [0.1, 0.15) is 35.3 Å². The number of aromatic nitrogens is 1. The zero-order valence-electron chi connectivity index (χ0n) is 9.79. The second-order valence-electron chi connectivity index (χ2n) is 3.74. The van der Waals surface area contributed by atoms with Crippen LogP contribution in [0.5, 0.6) is 0 Å². The van der Waals surface area contributed by atoms with Crippen LogP contribution in [0.3, 0.4) is 0 Å². The van der Waals surface area contributed by atoms with Gasteiger partial charge in [-0.25, -0.2) is 4.98 Å². The first kappa shape index (κ1) is 13.5. The van der Waals surface area contributed by atoms with Gasteiger partial charge in [-0.15, -0.1) is 12.3 Å². The molecule has 0 aliphatic rings. The highest BCUT2D eigenvalue weighted by molar-refractivity contribution is 6.29. The number of nitrogens with one attached hydrogen (secondary N) is 1. The Morgan fingerprint density at radius 1 is 1.53 bits per heavy atom. The Labute approximate surface area is 107 Å². The highest BCUT2D eigenvalue weighted by atomic mass is 35.5. The zero-order chi connectivity index (χ0) is 12.7. The number of amides is 1. The van der Waals surface area contributed by atoms with Crippen LogP contribution in [0.2, 0.25) is 5.15 Å². The number of halogens is 1. The number of carbonyl (C=O) groups is 1. The highest BCUT2D eigenvalue weighted by Gasteiger charge is 2.06. The van der Waals surface area contributed by atoms with E-state index in [9.17, 15) is 4.79 Å². The number of rotatable bonds is 5. The molecule has 0 radical (unpaired) electrons. The minimum absolute atomic E-state index is 0.127. The van der Waals surface area contributed by atoms with Crippen molar-refractivity contribution in [2.24, 2.45) is 0 Å². The van der Waals surface area contributed by atoms with Crippen molar-refractivity contribution >= 4 is 17.5 Å². The molecular formula is C13H15ClN2O. The van der Waals surface area contributed by atoms with Gasteiger partial charge in [0.15, 0.2) is 0 Å². The molecular weight excluding hydrogens is 236 g/mol. The summed E-state index contributed by atoms with van der Waals surface area (Å²) in [7, 11) is 0.